The molecule has 19 heavy (non-hydrogen) atoms. The zero-order valence-corrected chi connectivity index (χ0v) is 12.1. The average Bonchev–Trinajstić information content (AvgIpc) is 2.48. The molecule has 2 rings (SSSR count). The van der Waals surface area contributed by atoms with E-state index in [1.165, 1.54) is 24.8 Å². The number of piperidine rings is 1. The van der Waals surface area contributed by atoms with Crippen LogP contribution in [0.15, 0.2) is 30.3 Å². The van der Waals surface area contributed by atoms with E-state index in [0.29, 0.717) is 24.3 Å². The molecule has 2 heteroatoms. The molecule has 1 amide bonds. The van der Waals surface area contributed by atoms with Gasteiger partial charge in [0.2, 0.25) is 5.91 Å². The molecule has 2 atom stereocenters. The largest absolute Gasteiger partial charge is 0.340 e. The molecule has 0 aromatic heterocycles. The van der Waals surface area contributed by atoms with E-state index < -0.39 is 0 Å². The number of rotatable bonds is 4. The van der Waals surface area contributed by atoms with Crippen molar-refractivity contribution in [3.8, 4) is 0 Å². The molecule has 0 N–H and O–H groups in total. The zero-order valence-electron chi connectivity index (χ0n) is 12.1. The first-order chi connectivity index (χ1) is 9.22. The van der Waals surface area contributed by atoms with E-state index in [0.717, 1.165) is 13.0 Å². The first-order valence-electron chi connectivity index (χ1n) is 7.56. The SMILES string of the molecule is CC[C@@H]1CCCCN1C(=O)C[C@H](C)c1ccccc1. The molecule has 0 aliphatic carbocycles. The molecule has 1 fully saturated rings. The van der Waals surface area contributed by atoms with Gasteiger partial charge in [-0.2, -0.15) is 0 Å². The summed E-state index contributed by atoms with van der Waals surface area (Å²) in [5.74, 6) is 0.649. The van der Waals surface area contributed by atoms with E-state index in [-0.39, 0.29) is 0 Å². The summed E-state index contributed by atoms with van der Waals surface area (Å²) >= 11 is 0. The Hall–Kier alpha value is -1.31. The molecule has 1 heterocycles. The third-order valence-corrected chi connectivity index (χ3v) is 4.27. The van der Waals surface area contributed by atoms with E-state index in [4.69, 9.17) is 0 Å². The van der Waals surface area contributed by atoms with Gasteiger partial charge >= 0.3 is 0 Å². The third-order valence-electron chi connectivity index (χ3n) is 4.27. The van der Waals surface area contributed by atoms with Gasteiger partial charge in [0.05, 0.1) is 0 Å². The Morgan fingerprint density at radius 2 is 2.05 bits per heavy atom. The van der Waals surface area contributed by atoms with Gasteiger partial charge in [0, 0.05) is 19.0 Å². The van der Waals surface area contributed by atoms with Crippen LogP contribution in [0, 0.1) is 0 Å². The van der Waals surface area contributed by atoms with Crippen LogP contribution in [0.5, 0.6) is 0 Å². The number of amides is 1. The molecule has 2 nitrogen and oxygen atoms in total. The standard InChI is InChI=1S/C17H25NO/c1-3-16-11-7-8-12-18(16)17(19)13-14(2)15-9-5-4-6-10-15/h4-6,9-10,14,16H,3,7-8,11-13H2,1-2H3/t14-,16+/m0/s1. The highest BCUT2D eigenvalue weighted by Gasteiger charge is 2.26. The van der Waals surface area contributed by atoms with Gasteiger partial charge in [-0.1, -0.05) is 44.2 Å². The van der Waals surface area contributed by atoms with E-state index >= 15 is 0 Å². The fourth-order valence-electron chi connectivity index (χ4n) is 3.03. The molecule has 1 aliphatic rings. The summed E-state index contributed by atoms with van der Waals surface area (Å²) < 4.78 is 0. The van der Waals surface area contributed by atoms with E-state index in [9.17, 15) is 4.79 Å². The van der Waals surface area contributed by atoms with Crippen molar-refractivity contribution in [1.29, 1.82) is 0 Å². The molecule has 1 aromatic carbocycles. The molecule has 1 aliphatic heterocycles. The van der Waals surface area contributed by atoms with Crippen molar-refractivity contribution in [2.45, 2.75) is 57.9 Å². The van der Waals surface area contributed by atoms with Crippen LogP contribution >= 0.6 is 0 Å². The van der Waals surface area contributed by atoms with Crippen LogP contribution in [0.3, 0.4) is 0 Å². The molecular weight excluding hydrogens is 234 g/mol. The van der Waals surface area contributed by atoms with E-state index in [1.807, 2.05) is 18.2 Å². The lowest BCUT2D eigenvalue weighted by atomic mass is 9.94. The number of hydrogen-bond acceptors (Lipinski definition) is 1. The summed E-state index contributed by atoms with van der Waals surface area (Å²) in [5.41, 5.74) is 1.26. The Labute approximate surface area is 116 Å². The number of hydrogen-bond donors (Lipinski definition) is 0. The summed E-state index contributed by atoms with van der Waals surface area (Å²) in [4.78, 5) is 14.6. The van der Waals surface area contributed by atoms with Crippen molar-refractivity contribution >= 4 is 5.91 Å². The van der Waals surface area contributed by atoms with Gasteiger partial charge < -0.3 is 4.90 Å². The second-order valence-electron chi connectivity index (χ2n) is 5.66. The van der Waals surface area contributed by atoms with Crippen LogP contribution in [0.25, 0.3) is 0 Å². The van der Waals surface area contributed by atoms with Gasteiger partial charge in [-0.05, 0) is 37.2 Å². The Morgan fingerprint density at radius 3 is 2.74 bits per heavy atom. The minimum absolute atomic E-state index is 0.313. The average molecular weight is 259 g/mol. The topological polar surface area (TPSA) is 20.3 Å². The maximum Gasteiger partial charge on any atom is 0.223 e. The highest BCUT2D eigenvalue weighted by Crippen LogP contribution is 2.24. The molecule has 1 aromatic rings. The van der Waals surface area contributed by atoms with Crippen LogP contribution in [-0.2, 0) is 4.79 Å². The van der Waals surface area contributed by atoms with Crippen molar-refractivity contribution in [3.63, 3.8) is 0 Å². The molecular formula is C17H25NO. The molecule has 0 spiro atoms. The van der Waals surface area contributed by atoms with Crippen LogP contribution in [0.1, 0.15) is 57.4 Å². The Balaban J connectivity index is 1.96. The number of likely N-dealkylation sites (tertiary alicyclic amines) is 1. The molecule has 0 saturated carbocycles. The van der Waals surface area contributed by atoms with Crippen LogP contribution < -0.4 is 0 Å². The lowest BCUT2D eigenvalue weighted by Crippen LogP contribution is -2.43. The van der Waals surface area contributed by atoms with E-state index in [1.54, 1.807) is 0 Å². The molecule has 0 bridgehead atoms. The zero-order chi connectivity index (χ0) is 13.7. The minimum atomic E-state index is 0.313. The van der Waals surface area contributed by atoms with Crippen molar-refractivity contribution < 1.29 is 4.79 Å². The quantitative estimate of drug-likeness (QED) is 0.801. The Morgan fingerprint density at radius 1 is 1.32 bits per heavy atom. The van der Waals surface area contributed by atoms with Gasteiger partial charge in [0.15, 0.2) is 0 Å². The summed E-state index contributed by atoms with van der Waals surface area (Å²) in [6.45, 7) is 5.30. The summed E-state index contributed by atoms with van der Waals surface area (Å²) in [6, 6.07) is 10.8. The van der Waals surface area contributed by atoms with Gasteiger partial charge in [-0.15, -0.1) is 0 Å². The minimum Gasteiger partial charge on any atom is -0.340 e. The predicted molar refractivity (Wildman–Crippen MR) is 79.1 cm³/mol. The Kier molecular flexibility index (Phi) is 5.00. The second-order valence-corrected chi connectivity index (χ2v) is 5.66. The lowest BCUT2D eigenvalue weighted by Gasteiger charge is -2.36. The van der Waals surface area contributed by atoms with Crippen LogP contribution in [0.2, 0.25) is 0 Å². The molecule has 0 unspecified atom stereocenters. The number of nitrogens with zero attached hydrogens (tertiary/aromatic N) is 1. The molecule has 0 radical (unpaired) electrons. The predicted octanol–water partition coefficient (Wildman–Crippen LogP) is 3.97. The summed E-state index contributed by atoms with van der Waals surface area (Å²) in [5, 5.41) is 0. The summed E-state index contributed by atoms with van der Waals surface area (Å²) in [7, 11) is 0. The number of carbonyl (C=O) groups is 1. The van der Waals surface area contributed by atoms with E-state index in [2.05, 4.69) is 30.9 Å². The van der Waals surface area contributed by atoms with Crippen molar-refractivity contribution in [3.05, 3.63) is 35.9 Å². The highest BCUT2D eigenvalue weighted by atomic mass is 16.2. The second kappa shape index (κ2) is 6.74. The van der Waals surface area contributed by atoms with Crippen molar-refractivity contribution in [2.75, 3.05) is 6.54 Å². The Bertz CT molecular complexity index is 401. The number of carbonyl (C=O) groups excluding carboxylic acids is 1. The van der Waals surface area contributed by atoms with Gasteiger partial charge in [-0.3, -0.25) is 4.79 Å². The normalized spacial score (nSPS) is 21.2. The van der Waals surface area contributed by atoms with Crippen LogP contribution in [0.4, 0.5) is 0 Å². The fraction of sp³-hybridized carbons (Fsp3) is 0.588. The van der Waals surface area contributed by atoms with Gasteiger partial charge in [0.25, 0.3) is 0 Å². The summed E-state index contributed by atoms with van der Waals surface area (Å²) in [6.07, 6.45) is 5.35. The molecule has 1 saturated heterocycles. The van der Waals surface area contributed by atoms with Crippen LogP contribution in [-0.4, -0.2) is 23.4 Å². The number of benzene rings is 1. The van der Waals surface area contributed by atoms with Gasteiger partial charge in [-0.25, -0.2) is 0 Å². The maximum absolute atomic E-state index is 12.5. The fourth-order valence-corrected chi connectivity index (χ4v) is 3.03. The van der Waals surface area contributed by atoms with Crippen molar-refractivity contribution in [1.82, 2.24) is 4.90 Å². The van der Waals surface area contributed by atoms with Gasteiger partial charge in [0.1, 0.15) is 0 Å². The van der Waals surface area contributed by atoms with Crippen molar-refractivity contribution in [2.24, 2.45) is 0 Å². The smallest absolute Gasteiger partial charge is 0.223 e. The monoisotopic (exact) mass is 259 g/mol. The molecule has 104 valence electrons. The lowest BCUT2D eigenvalue weighted by molar-refractivity contribution is -0.135. The first-order valence-corrected chi connectivity index (χ1v) is 7.56. The first kappa shape index (κ1) is 14.1. The maximum atomic E-state index is 12.5. The highest BCUT2D eigenvalue weighted by molar-refractivity contribution is 5.77. The third kappa shape index (κ3) is 3.59.